The molecule has 1 saturated heterocycles. The Morgan fingerprint density at radius 3 is 2.48 bits per heavy atom. The van der Waals surface area contributed by atoms with E-state index in [1.807, 2.05) is 54.6 Å². The Labute approximate surface area is 150 Å². The highest BCUT2D eigenvalue weighted by molar-refractivity contribution is 5.98. The molecule has 2 aromatic rings. The van der Waals surface area contributed by atoms with Crippen molar-refractivity contribution in [1.82, 2.24) is 10.2 Å². The first-order valence-electron chi connectivity index (χ1n) is 8.95. The van der Waals surface area contributed by atoms with Gasteiger partial charge in [0.2, 0.25) is 0 Å². The number of para-hydroxylation sites is 1. The van der Waals surface area contributed by atoms with Gasteiger partial charge in [-0.25, -0.2) is 0 Å². The highest BCUT2D eigenvalue weighted by Gasteiger charge is 2.21. The molecule has 25 heavy (non-hydrogen) atoms. The maximum atomic E-state index is 8.37. The number of benzene rings is 2. The molecule has 4 nitrogen and oxygen atoms in total. The Balaban J connectivity index is 1.52. The van der Waals surface area contributed by atoms with Crippen molar-refractivity contribution < 1.29 is 4.74 Å². The van der Waals surface area contributed by atoms with Crippen LogP contribution >= 0.6 is 0 Å². The van der Waals surface area contributed by atoms with Gasteiger partial charge in [0.05, 0.1) is 0 Å². The highest BCUT2D eigenvalue weighted by atomic mass is 16.5. The fourth-order valence-electron chi connectivity index (χ4n) is 3.31. The van der Waals surface area contributed by atoms with Gasteiger partial charge in [-0.15, -0.1) is 0 Å². The van der Waals surface area contributed by atoms with Crippen molar-refractivity contribution in [2.24, 2.45) is 0 Å². The minimum atomic E-state index is 0.309. The largest absolute Gasteiger partial charge is 0.457 e. The van der Waals surface area contributed by atoms with E-state index >= 15 is 0 Å². The lowest BCUT2D eigenvalue weighted by atomic mass is 10.0. The zero-order chi connectivity index (χ0) is 17.6. The fourth-order valence-corrected chi connectivity index (χ4v) is 3.31. The molecule has 0 aromatic heterocycles. The average molecular weight is 337 g/mol. The molecule has 4 heteroatoms. The maximum Gasteiger partial charge on any atom is 0.127 e. The van der Waals surface area contributed by atoms with E-state index in [2.05, 4.69) is 24.2 Å². The van der Waals surface area contributed by atoms with Crippen molar-refractivity contribution in [3.8, 4) is 11.5 Å². The number of ether oxygens (including phenoxy) is 1. The monoisotopic (exact) mass is 337 g/mol. The predicted octanol–water partition coefficient (Wildman–Crippen LogP) is 3.92. The predicted molar refractivity (Wildman–Crippen MR) is 103 cm³/mol. The number of nitrogens with one attached hydrogen (secondary N) is 2. The lowest BCUT2D eigenvalue weighted by molar-refractivity contribution is 0.387. The summed E-state index contributed by atoms with van der Waals surface area (Å²) >= 11 is 0. The summed E-state index contributed by atoms with van der Waals surface area (Å²) in [6.07, 6.45) is 1.93. The van der Waals surface area contributed by atoms with E-state index in [9.17, 15) is 0 Å². The number of hydrogen-bond donors (Lipinski definition) is 2. The van der Waals surface area contributed by atoms with Crippen LogP contribution in [0.5, 0.6) is 11.5 Å². The summed E-state index contributed by atoms with van der Waals surface area (Å²) in [6, 6.07) is 18.4. The minimum Gasteiger partial charge on any atom is -0.457 e. The Bertz CT molecular complexity index is 684. The van der Waals surface area contributed by atoms with Gasteiger partial charge < -0.3 is 20.4 Å². The van der Waals surface area contributed by atoms with Crippen molar-refractivity contribution in [2.45, 2.75) is 31.8 Å². The van der Waals surface area contributed by atoms with Crippen molar-refractivity contribution >= 4 is 5.71 Å². The Morgan fingerprint density at radius 2 is 1.84 bits per heavy atom. The van der Waals surface area contributed by atoms with E-state index in [1.54, 1.807) is 0 Å². The summed E-state index contributed by atoms with van der Waals surface area (Å²) in [4.78, 5) is 2.35. The minimum absolute atomic E-state index is 0.309. The zero-order valence-corrected chi connectivity index (χ0v) is 15.0. The third kappa shape index (κ3) is 5.15. The first kappa shape index (κ1) is 17.6. The maximum absolute atomic E-state index is 8.37. The normalized spacial score (nSPS) is 18.9. The summed E-state index contributed by atoms with van der Waals surface area (Å²) < 4.78 is 5.81. The molecule has 2 unspecified atom stereocenters. The molecule has 0 amide bonds. The second kappa shape index (κ2) is 8.28. The second-order valence-electron chi connectivity index (χ2n) is 6.94. The Hall–Kier alpha value is -2.17. The third-order valence-corrected chi connectivity index (χ3v) is 4.60. The standard InChI is InChI=1S/C21H27N3O/c1-16(23-18-12-13-24(2)15-18)14-21(22)17-8-10-20(11-9-17)25-19-6-4-3-5-7-19/h3-11,16,18,22-23H,12-15H2,1-2H3. The fraction of sp³-hybridized carbons (Fsp3) is 0.381. The van der Waals surface area contributed by atoms with Crippen molar-refractivity contribution in [2.75, 3.05) is 20.1 Å². The molecule has 0 spiro atoms. The lowest BCUT2D eigenvalue weighted by Crippen LogP contribution is -2.39. The number of likely N-dealkylation sites (tertiary alicyclic amines) is 1. The average Bonchev–Trinajstić information content (AvgIpc) is 3.01. The van der Waals surface area contributed by atoms with Crippen LogP contribution in [0.15, 0.2) is 54.6 Å². The van der Waals surface area contributed by atoms with Crippen LogP contribution < -0.4 is 10.1 Å². The summed E-state index contributed by atoms with van der Waals surface area (Å²) in [6.45, 7) is 4.42. The van der Waals surface area contributed by atoms with Crippen molar-refractivity contribution in [3.05, 3.63) is 60.2 Å². The molecule has 132 valence electrons. The first-order valence-corrected chi connectivity index (χ1v) is 8.95. The third-order valence-electron chi connectivity index (χ3n) is 4.60. The van der Waals surface area contributed by atoms with Crippen molar-refractivity contribution in [1.29, 1.82) is 5.41 Å². The first-order chi connectivity index (χ1) is 12.1. The van der Waals surface area contributed by atoms with E-state index in [0.29, 0.717) is 17.8 Å². The molecule has 3 rings (SSSR count). The van der Waals surface area contributed by atoms with E-state index in [0.717, 1.165) is 36.6 Å². The molecular weight excluding hydrogens is 310 g/mol. The summed E-state index contributed by atoms with van der Waals surface area (Å²) in [7, 11) is 2.16. The molecule has 1 aliphatic heterocycles. The number of likely N-dealkylation sites (N-methyl/N-ethyl adjacent to an activating group) is 1. The molecular formula is C21H27N3O. The van der Waals surface area contributed by atoms with E-state index in [1.165, 1.54) is 6.42 Å². The van der Waals surface area contributed by atoms with E-state index < -0.39 is 0 Å². The van der Waals surface area contributed by atoms with Crippen LogP contribution in [0.4, 0.5) is 0 Å². The summed E-state index contributed by atoms with van der Waals surface area (Å²) in [5.41, 5.74) is 1.62. The number of hydrogen-bond acceptors (Lipinski definition) is 4. The Morgan fingerprint density at radius 1 is 1.16 bits per heavy atom. The molecule has 0 bridgehead atoms. The van der Waals surface area contributed by atoms with Gasteiger partial charge in [0.15, 0.2) is 0 Å². The van der Waals surface area contributed by atoms with Crippen LogP contribution in [0, 0.1) is 5.41 Å². The lowest BCUT2D eigenvalue weighted by Gasteiger charge is -2.20. The van der Waals surface area contributed by atoms with Gasteiger partial charge in [0.25, 0.3) is 0 Å². The quantitative estimate of drug-likeness (QED) is 0.753. The van der Waals surface area contributed by atoms with Crippen LogP contribution in [0.3, 0.4) is 0 Å². The topological polar surface area (TPSA) is 48.4 Å². The zero-order valence-electron chi connectivity index (χ0n) is 15.0. The van der Waals surface area contributed by atoms with Gasteiger partial charge >= 0.3 is 0 Å². The molecule has 2 aromatic carbocycles. The second-order valence-corrected chi connectivity index (χ2v) is 6.94. The molecule has 2 atom stereocenters. The molecule has 1 fully saturated rings. The van der Waals surface area contributed by atoms with Crippen LogP contribution in [-0.2, 0) is 0 Å². The summed E-state index contributed by atoms with van der Waals surface area (Å²) in [5, 5.41) is 12.0. The number of nitrogens with zero attached hydrogens (tertiary/aromatic N) is 1. The smallest absolute Gasteiger partial charge is 0.127 e. The molecule has 0 saturated carbocycles. The number of rotatable bonds is 7. The van der Waals surface area contributed by atoms with Gasteiger partial charge in [-0.3, -0.25) is 0 Å². The molecule has 2 N–H and O–H groups in total. The molecule has 0 aliphatic carbocycles. The van der Waals surface area contributed by atoms with Crippen LogP contribution in [0.1, 0.15) is 25.3 Å². The van der Waals surface area contributed by atoms with E-state index in [4.69, 9.17) is 10.1 Å². The Kier molecular flexibility index (Phi) is 5.84. The van der Waals surface area contributed by atoms with Gasteiger partial charge in [-0.05, 0) is 68.9 Å². The summed E-state index contributed by atoms with van der Waals surface area (Å²) in [5.74, 6) is 1.62. The van der Waals surface area contributed by atoms with Crippen LogP contribution in [0.25, 0.3) is 0 Å². The SMILES string of the molecule is CC(CC(=N)c1ccc(Oc2ccccc2)cc1)NC1CCN(C)C1. The molecule has 1 heterocycles. The van der Waals surface area contributed by atoms with Crippen LogP contribution in [0.2, 0.25) is 0 Å². The van der Waals surface area contributed by atoms with Crippen molar-refractivity contribution in [3.63, 3.8) is 0 Å². The van der Waals surface area contributed by atoms with Gasteiger partial charge in [0, 0.05) is 30.8 Å². The van der Waals surface area contributed by atoms with Gasteiger partial charge in [0.1, 0.15) is 11.5 Å². The van der Waals surface area contributed by atoms with Gasteiger partial charge in [-0.2, -0.15) is 0 Å². The van der Waals surface area contributed by atoms with Gasteiger partial charge in [-0.1, -0.05) is 18.2 Å². The molecule has 0 radical (unpaired) electrons. The molecule has 1 aliphatic rings. The van der Waals surface area contributed by atoms with E-state index in [-0.39, 0.29) is 0 Å². The van der Waals surface area contributed by atoms with Crippen LogP contribution in [-0.4, -0.2) is 42.8 Å². The highest BCUT2D eigenvalue weighted by Crippen LogP contribution is 2.21.